The van der Waals surface area contributed by atoms with E-state index in [0.29, 0.717) is 64.0 Å². The van der Waals surface area contributed by atoms with E-state index in [9.17, 15) is 27.6 Å². The van der Waals surface area contributed by atoms with Gasteiger partial charge in [-0.1, -0.05) is 41.9 Å². The van der Waals surface area contributed by atoms with Gasteiger partial charge in [0, 0.05) is 64.3 Å². The number of rotatable bonds is 8. The number of hydrogen-bond donors (Lipinski definition) is 3. The van der Waals surface area contributed by atoms with Crippen molar-refractivity contribution in [3.8, 4) is 11.4 Å². The number of piperidine rings is 2. The number of amides is 3. The Labute approximate surface area is 299 Å². The van der Waals surface area contributed by atoms with E-state index in [1.165, 1.54) is 17.8 Å². The molecule has 3 amide bonds. The van der Waals surface area contributed by atoms with Gasteiger partial charge in [-0.25, -0.2) is 14.3 Å². The molecule has 0 bridgehead atoms. The lowest BCUT2D eigenvalue weighted by Crippen LogP contribution is -2.59. The maximum Gasteiger partial charge on any atom is 0.418 e. The van der Waals surface area contributed by atoms with Crippen LogP contribution in [0.2, 0.25) is 5.02 Å². The number of alkyl halides is 3. The first-order valence-electron chi connectivity index (χ1n) is 17.5. The van der Waals surface area contributed by atoms with E-state index >= 15 is 0 Å². The molecule has 3 aliphatic rings. The van der Waals surface area contributed by atoms with Crippen LogP contribution in [0.3, 0.4) is 0 Å². The molecular weight excluding hydrogens is 687 g/mol. The van der Waals surface area contributed by atoms with Crippen LogP contribution in [-0.2, 0) is 17.4 Å². The van der Waals surface area contributed by atoms with E-state index in [1.807, 2.05) is 30.3 Å². The molecule has 1 atom stereocenters. The predicted molar refractivity (Wildman–Crippen MR) is 189 cm³/mol. The highest BCUT2D eigenvalue weighted by Crippen LogP contribution is 2.39. The van der Waals surface area contributed by atoms with Crippen molar-refractivity contribution in [2.24, 2.45) is 0 Å². The second-order valence-electron chi connectivity index (χ2n) is 13.7. The fourth-order valence-electron chi connectivity index (χ4n) is 7.45. The molecule has 0 spiro atoms. The number of carbonyl (C=O) groups excluding carboxylic acids is 2. The van der Waals surface area contributed by atoms with Gasteiger partial charge in [0.15, 0.2) is 5.82 Å². The van der Waals surface area contributed by atoms with Crippen molar-refractivity contribution < 1.29 is 22.8 Å². The first-order valence-corrected chi connectivity index (χ1v) is 17.9. The zero-order chi connectivity index (χ0) is 36.3. The number of nitrogens with one attached hydrogen (secondary N) is 3. The highest BCUT2D eigenvalue weighted by molar-refractivity contribution is 6.33. The van der Waals surface area contributed by atoms with Gasteiger partial charge in [0.05, 0.1) is 22.3 Å². The summed E-state index contributed by atoms with van der Waals surface area (Å²) in [5.74, 6) is 0.117. The Hall–Kier alpha value is -4.08. The average molecular weight is 732 g/mol. The summed E-state index contributed by atoms with van der Waals surface area (Å²) < 4.78 is 43.5. The Bertz CT molecular complexity index is 1730. The molecule has 276 valence electrons. The van der Waals surface area contributed by atoms with Crippen LogP contribution in [0, 0.1) is 0 Å². The maximum absolute atomic E-state index is 14.1. The fourth-order valence-corrected chi connectivity index (χ4v) is 7.78. The maximum atomic E-state index is 14.1. The Balaban J connectivity index is 1.15. The van der Waals surface area contributed by atoms with Crippen molar-refractivity contribution in [2.75, 3.05) is 71.8 Å². The molecule has 0 radical (unpaired) electrons. The summed E-state index contributed by atoms with van der Waals surface area (Å²) in [6, 6.07) is 10.3. The van der Waals surface area contributed by atoms with E-state index in [1.54, 1.807) is 9.80 Å². The van der Waals surface area contributed by atoms with E-state index in [4.69, 9.17) is 11.6 Å². The quantitative estimate of drug-likeness (QED) is 0.319. The third-order valence-electron chi connectivity index (χ3n) is 10.4. The largest absolute Gasteiger partial charge is 0.418 e. The lowest BCUT2D eigenvalue weighted by atomic mass is 9.99. The number of halogens is 4. The van der Waals surface area contributed by atoms with Crippen LogP contribution in [0.25, 0.3) is 11.4 Å². The van der Waals surface area contributed by atoms with Crippen LogP contribution in [0.1, 0.15) is 42.9 Å². The van der Waals surface area contributed by atoms with Crippen molar-refractivity contribution in [1.29, 1.82) is 0 Å². The molecule has 6 rings (SSSR count). The third-order valence-corrected chi connectivity index (χ3v) is 10.7. The highest BCUT2D eigenvalue weighted by Gasteiger charge is 2.37. The molecule has 3 aromatic rings. The first kappa shape index (κ1) is 36.7. The Morgan fingerprint density at radius 2 is 1.59 bits per heavy atom. The van der Waals surface area contributed by atoms with Crippen LogP contribution in [0.4, 0.5) is 23.7 Å². The van der Waals surface area contributed by atoms with Gasteiger partial charge in [-0.3, -0.25) is 14.7 Å². The minimum atomic E-state index is -4.69. The van der Waals surface area contributed by atoms with Crippen molar-refractivity contribution >= 4 is 29.2 Å². The van der Waals surface area contributed by atoms with Crippen molar-refractivity contribution in [3.63, 3.8) is 0 Å². The van der Waals surface area contributed by atoms with Gasteiger partial charge in [-0.15, -0.1) is 5.10 Å². The molecule has 3 saturated heterocycles. The monoisotopic (exact) mass is 731 g/mol. The van der Waals surface area contributed by atoms with Crippen molar-refractivity contribution in [3.05, 3.63) is 69.1 Å². The second kappa shape index (κ2) is 15.7. The Morgan fingerprint density at radius 1 is 0.941 bits per heavy atom. The molecule has 12 nitrogen and oxygen atoms in total. The van der Waals surface area contributed by atoms with Gasteiger partial charge in [-0.2, -0.15) is 13.2 Å². The van der Waals surface area contributed by atoms with E-state index in [2.05, 4.69) is 37.6 Å². The zero-order valence-corrected chi connectivity index (χ0v) is 29.6. The van der Waals surface area contributed by atoms with Gasteiger partial charge >= 0.3 is 17.9 Å². The molecule has 16 heteroatoms. The van der Waals surface area contributed by atoms with Crippen LogP contribution in [0.5, 0.6) is 0 Å². The summed E-state index contributed by atoms with van der Waals surface area (Å²) >= 11 is 6.30. The molecule has 0 aliphatic carbocycles. The molecule has 0 saturated carbocycles. The fraction of sp³-hybridized carbons (Fsp3) is 0.543. The lowest BCUT2D eigenvalue weighted by Gasteiger charge is -2.43. The summed E-state index contributed by atoms with van der Waals surface area (Å²) in [6.07, 6.45) is -1.82. The Kier molecular flexibility index (Phi) is 11.3. The molecule has 1 aromatic heterocycles. The number of hydrogen-bond acceptors (Lipinski definition) is 7. The standard InChI is InChI=1S/C35H45ClF3N9O3/c1-40-30-27(35(37,38)39)20-23(21-28(30)36)22-29(32(49)46-18-16-45(17-19-46)25-8-12-44(2)13-9-25)41-33(50)47-14-10-26(11-15-47)48-34(51)42-31(43-48)24-6-4-3-5-7-24/h3-7,20-21,25-26,29,40H,8-19,22H2,1-2H3,(H,41,50)(H,42,43,51)/t29-/m1/s1. The molecular formula is C35H45ClF3N9O3. The molecule has 3 aliphatic heterocycles. The van der Waals surface area contributed by atoms with Gasteiger partial charge in [0.2, 0.25) is 5.91 Å². The number of aromatic nitrogens is 3. The number of H-pyrrole nitrogens is 1. The van der Waals surface area contributed by atoms with Gasteiger partial charge in [0.25, 0.3) is 0 Å². The molecule has 3 fully saturated rings. The third kappa shape index (κ3) is 8.53. The number of likely N-dealkylation sites (tertiary alicyclic amines) is 2. The summed E-state index contributed by atoms with van der Waals surface area (Å²) in [4.78, 5) is 51.3. The number of nitrogens with zero attached hydrogens (tertiary/aromatic N) is 6. The van der Waals surface area contributed by atoms with Crippen molar-refractivity contribution in [2.45, 2.75) is 56.4 Å². The molecule has 2 aromatic carbocycles. The van der Waals surface area contributed by atoms with E-state index in [-0.39, 0.29) is 40.3 Å². The van der Waals surface area contributed by atoms with Crippen LogP contribution in [-0.4, -0.2) is 125 Å². The minimum absolute atomic E-state index is 0.127. The second-order valence-corrected chi connectivity index (χ2v) is 14.1. The topological polar surface area (TPSA) is 122 Å². The minimum Gasteiger partial charge on any atom is -0.386 e. The molecule has 4 heterocycles. The zero-order valence-electron chi connectivity index (χ0n) is 28.9. The van der Waals surface area contributed by atoms with Gasteiger partial charge in [0.1, 0.15) is 6.04 Å². The molecule has 3 N–H and O–H groups in total. The molecule has 0 unspecified atom stereocenters. The lowest BCUT2D eigenvalue weighted by molar-refractivity contribution is -0.137. The summed E-state index contributed by atoms with van der Waals surface area (Å²) in [5, 5.41) is 9.76. The van der Waals surface area contributed by atoms with E-state index in [0.717, 1.165) is 37.6 Å². The summed E-state index contributed by atoms with van der Waals surface area (Å²) in [6.45, 7) is 4.94. The first-order chi connectivity index (χ1) is 24.4. The normalized spacial score (nSPS) is 19.3. The van der Waals surface area contributed by atoms with E-state index < -0.39 is 23.8 Å². The number of benzene rings is 2. The average Bonchev–Trinajstić information content (AvgIpc) is 3.52. The number of urea groups is 1. The highest BCUT2D eigenvalue weighted by atomic mass is 35.5. The Morgan fingerprint density at radius 3 is 2.22 bits per heavy atom. The smallest absolute Gasteiger partial charge is 0.386 e. The van der Waals surface area contributed by atoms with Gasteiger partial charge < -0.3 is 25.3 Å². The SMILES string of the molecule is CNc1c(Cl)cc(C[C@@H](NC(=O)N2CCC(n3nc(-c4ccccc4)[nH]c3=O)CC2)C(=O)N2CCN(C3CCN(C)CC3)CC2)cc1C(F)(F)F. The van der Waals surface area contributed by atoms with Crippen molar-refractivity contribution in [1.82, 2.24) is 39.7 Å². The number of anilines is 1. The number of aromatic amines is 1. The van der Waals surface area contributed by atoms with Gasteiger partial charge in [-0.05, 0) is 63.5 Å². The van der Waals surface area contributed by atoms with Crippen LogP contribution in [0.15, 0.2) is 47.3 Å². The predicted octanol–water partition coefficient (Wildman–Crippen LogP) is 4.15. The number of carbonyl (C=O) groups is 2. The molecule has 51 heavy (non-hydrogen) atoms. The number of piperazine rings is 1. The van der Waals surface area contributed by atoms with Crippen LogP contribution < -0.4 is 16.3 Å². The van der Waals surface area contributed by atoms with Crippen LogP contribution >= 0.6 is 11.6 Å². The summed E-state index contributed by atoms with van der Waals surface area (Å²) in [7, 11) is 3.48. The summed E-state index contributed by atoms with van der Waals surface area (Å²) in [5.41, 5.74) is -0.559.